The van der Waals surface area contributed by atoms with Crippen LogP contribution in [0, 0.1) is 0 Å². The molecule has 0 radical (unpaired) electrons. The van der Waals surface area contributed by atoms with Gasteiger partial charge in [-0.25, -0.2) is 9.98 Å². The largest absolute Gasteiger partial charge is 0.363 e. The van der Waals surface area contributed by atoms with Gasteiger partial charge >= 0.3 is 0 Å². The second-order valence-corrected chi connectivity index (χ2v) is 5.42. The molecule has 0 bridgehead atoms. The summed E-state index contributed by atoms with van der Waals surface area (Å²) in [5, 5.41) is 7.60. The third-order valence-corrected chi connectivity index (χ3v) is 3.41. The number of benzene rings is 1. The van der Waals surface area contributed by atoms with Crippen LogP contribution in [0.5, 0.6) is 0 Å². The van der Waals surface area contributed by atoms with Gasteiger partial charge < -0.3 is 15.5 Å². The molecule has 1 aromatic carbocycles. The first kappa shape index (κ1) is 20.2. The van der Waals surface area contributed by atoms with Crippen LogP contribution in [0.4, 0.5) is 5.82 Å². The zero-order chi connectivity index (χ0) is 16.7. The molecule has 24 heavy (non-hydrogen) atoms. The van der Waals surface area contributed by atoms with Crippen molar-refractivity contribution in [1.29, 1.82) is 0 Å². The second-order valence-electron chi connectivity index (χ2n) is 5.42. The van der Waals surface area contributed by atoms with Gasteiger partial charge in [0.2, 0.25) is 0 Å². The normalized spacial score (nSPS) is 10.9. The van der Waals surface area contributed by atoms with E-state index in [9.17, 15) is 0 Å². The Morgan fingerprint density at radius 3 is 2.71 bits per heavy atom. The molecule has 0 saturated carbocycles. The number of fused-ring (bicyclic) bond motifs is 1. The zero-order valence-corrected chi connectivity index (χ0v) is 16.9. The smallest absolute Gasteiger partial charge is 0.191 e. The number of nitrogens with one attached hydrogen (secondary N) is 2. The number of hydrogen-bond donors (Lipinski definition) is 2. The molecule has 0 aliphatic rings. The summed E-state index contributed by atoms with van der Waals surface area (Å²) in [5.74, 6) is 1.73. The first-order valence-corrected chi connectivity index (χ1v) is 7.84. The molecule has 2 rings (SSSR count). The summed E-state index contributed by atoms with van der Waals surface area (Å²) < 4.78 is 0. The van der Waals surface area contributed by atoms with E-state index in [0.29, 0.717) is 13.1 Å². The van der Waals surface area contributed by atoms with Gasteiger partial charge in [-0.15, -0.1) is 30.6 Å². The van der Waals surface area contributed by atoms with Crippen molar-refractivity contribution in [3.05, 3.63) is 48.6 Å². The van der Waals surface area contributed by atoms with Crippen LogP contribution in [0.3, 0.4) is 0 Å². The van der Waals surface area contributed by atoms with E-state index in [1.807, 2.05) is 43.3 Å². The zero-order valence-electron chi connectivity index (χ0n) is 14.5. The van der Waals surface area contributed by atoms with Crippen molar-refractivity contribution in [3.63, 3.8) is 0 Å². The van der Waals surface area contributed by atoms with Crippen molar-refractivity contribution in [2.45, 2.75) is 13.5 Å². The molecule has 0 unspecified atom stereocenters. The molecule has 0 amide bonds. The van der Waals surface area contributed by atoms with Gasteiger partial charge in [0.1, 0.15) is 5.82 Å². The summed E-state index contributed by atoms with van der Waals surface area (Å²) >= 11 is 0. The summed E-state index contributed by atoms with van der Waals surface area (Å²) in [5.41, 5.74) is 2.16. The second kappa shape index (κ2) is 10.1. The Hall–Kier alpha value is -1.83. The minimum absolute atomic E-state index is 0. The number of pyridine rings is 1. The van der Waals surface area contributed by atoms with Crippen LogP contribution in [0.25, 0.3) is 10.9 Å². The first-order chi connectivity index (χ1) is 11.2. The molecule has 1 heterocycles. The number of anilines is 1. The summed E-state index contributed by atoms with van der Waals surface area (Å²) in [6.45, 7) is 7.88. The van der Waals surface area contributed by atoms with Gasteiger partial charge in [0.05, 0.1) is 12.1 Å². The average molecular weight is 439 g/mol. The quantitative estimate of drug-likeness (QED) is 0.314. The number of hydrogen-bond acceptors (Lipinski definition) is 3. The van der Waals surface area contributed by atoms with Crippen molar-refractivity contribution < 1.29 is 0 Å². The summed E-state index contributed by atoms with van der Waals surface area (Å²) in [6, 6.07) is 10.3. The highest BCUT2D eigenvalue weighted by Gasteiger charge is 2.07. The lowest BCUT2D eigenvalue weighted by Crippen LogP contribution is -2.37. The maximum atomic E-state index is 4.68. The topological polar surface area (TPSA) is 52.6 Å². The van der Waals surface area contributed by atoms with Gasteiger partial charge in [0.25, 0.3) is 0 Å². The van der Waals surface area contributed by atoms with E-state index in [-0.39, 0.29) is 24.0 Å². The summed E-state index contributed by atoms with van der Waals surface area (Å²) in [7, 11) is 4.00. The number of para-hydroxylation sites is 1. The molecule has 1 aromatic heterocycles. The Kier molecular flexibility index (Phi) is 8.53. The molecule has 0 spiro atoms. The molecule has 6 heteroatoms. The van der Waals surface area contributed by atoms with Gasteiger partial charge in [-0.3, -0.25) is 0 Å². The molecule has 130 valence electrons. The van der Waals surface area contributed by atoms with Crippen molar-refractivity contribution in [2.75, 3.05) is 32.1 Å². The van der Waals surface area contributed by atoms with Gasteiger partial charge in [-0.1, -0.05) is 24.3 Å². The van der Waals surface area contributed by atoms with E-state index in [1.54, 1.807) is 0 Å². The van der Waals surface area contributed by atoms with Crippen LogP contribution in [0.15, 0.2) is 48.0 Å². The number of nitrogens with zero attached hydrogens (tertiary/aromatic N) is 3. The fraction of sp³-hybridized carbons (Fsp3) is 0.333. The lowest BCUT2D eigenvalue weighted by molar-refractivity contribution is 0.861. The Morgan fingerprint density at radius 2 is 2.04 bits per heavy atom. The van der Waals surface area contributed by atoms with Gasteiger partial charge in [0, 0.05) is 32.6 Å². The van der Waals surface area contributed by atoms with Crippen LogP contribution in [-0.2, 0) is 6.54 Å². The van der Waals surface area contributed by atoms with Crippen LogP contribution in [-0.4, -0.2) is 38.1 Å². The fourth-order valence-electron chi connectivity index (χ4n) is 2.27. The first-order valence-electron chi connectivity index (χ1n) is 7.84. The molecule has 5 nitrogen and oxygen atoms in total. The molecule has 0 aliphatic heterocycles. The van der Waals surface area contributed by atoms with E-state index >= 15 is 0 Å². The van der Waals surface area contributed by atoms with Crippen molar-refractivity contribution in [3.8, 4) is 0 Å². The predicted octanol–water partition coefficient (Wildman–Crippen LogP) is 3.16. The molecule has 0 saturated heterocycles. The van der Waals surface area contributed by atoms with E-state index < -0.39 is 0 Å². The number of halogens is 1. The SMILES string of the molecule is C=CCNC(=NCc1cc(N(C)C)nc2ccccc12)NCC.I. The molecule has 2 N–H and O–H groups in total. The standard InChI is InChI=1S/C18H25N5.HI/c1-5-11-20-18(19-6-2)21-13-14-12-17(23(3)4)22-16-10-8-7-9-15(14)16;/h5,7-10,12H,1,6,11,13H2,2-4H3,(H2,19,20,21);1H. The highest BCUT2D eigenvalue weighted by Crippen LogP contribution is 2.22. The molecule has 0 fully saturated rings. The summed E-state index contributed by atoms with van der Waals surface area (Å²) in [6.07, 6.45) is 1.82. The molecule has 0 aliphatic carbocycles. The highest BCUT2D eigenvalue weighted by molar-refractivity contribution is 14.0. The third kappa shape index (κ3) is 5.36. The average Bonchev–Trinajstić information content (AvgIpc) is 2.56. The summed E-state index contributed by atoms with van der Waals surface area (Å²) in [4.78, 5) is 11.4. The number of aromatic nitrogens is 1. The van der Waals surface area contributed by atoms with Crippen LogP contribution in [0.2, 0.25) is 0 Å². The van der Waals surface area contributed by atoms with Crippen LogP contribution < -0.4 is 15.5 Å². The molecule has 0 atom stereocenters. The minimum Gasteiger partial charge on any atom is -0.363 e. The van der Waals surface area contributed by atoms with Crippen molar-refractivity contribution in [1.82, 2.24) is 15.6 Å². The van der Waals surface area contributed by atoms with Crippen LogP contribution >= 0.6 is 24.0 Å². The van der Waals surface area contributed by atoms with Gasteiger partial charge in [0.15, 0.2) is 5.96 Å². The van der Waals surface area contributed by atoms with E-state index in [2.05, 4.69) is 46.2 Å². The predicted molar refractivity (Wildman–Crippen MR) is 115 cm³/mol. The Bertz CT molecular complexity index is 697. The van der Waals surface area contributed by atoms with Crippen molar-refractivity contribution in [2.24, 2.45) is 4.99 Å². The maximum Gasteiger partial charge on any atom is 0.191 e. The number of rotatable bonds is 6. The minimum atomic E-state index is 0. The van der Waals surface area contributed by atoms with Gasteiger partial charge in [-0.2, -0.15) is 0 Å². The lowest BCUT2D eigenvalue weighted by Gasteiger charge is -2.15. The molecule has 2 aromatic rings. The fourth-order valence-corrected chi connectivity index (χ4v) is 2.27. The molecular formula is C18H26IN5. The van der Waals surface area contributed by atoms with E-state index in [1.165, 1.54) is 0 Å². The maximum absolute atomic E-state index is 4.68. The van der Waals surface area contributed by atoms with Gasteiger partial charge in [-0.05, 0) is 24.6 Å². The Labute approximate surface area is 161 Å². The Morgan fingerprint density at radius 1 is 1.29 bits per heavy atom. The monoisotopic (exact) mass is 439 g/mol. The Balaban J connectivity index is 0.00000288. The van der Waals surface area contributed by atoms with E-state index in [0.717, 1.165) is 34.8 Å². The number of guanidine groups is 1. The van der Waals surface area contributed by atoms with Crippen LogP contribution in [0.1, 0.15) is 12.5 Å². The van der Waals surface area contributed by atoms with Crippen molar-refractivity contribution >= 4 is 46.7 Å². The third-order valence-electron chi connectivity index (χ3n) is 3.41. The molecular weight excluding hydrogens is 413 g/mol. The number of aliphatic imine (C=N–C) groups is 1. The van der Waals surface area contributed by atoms with E-state index in [4.69, 9.17) is 0 Å². The highest BCUT2D eigenvalue weighted by atomic mass is 127. The lowest BCUT2D eigenvalue weighted by atomic mass is 10.1.